The minimum Gasteiger partial charge on any atom is -0.342 e. The lowest BCUT2D eigenvalue weighted by Gasteiger charge is -2.39. The Labute approximate surface area is 147 Å². The Morgan fingerprint density at radius 2 is 2.21 bits per heavy atom. The number of aliphatic imine (C=N–C) groups is 1. The molecule has 3 unspecified atom stereocenters. The lowest BCUT2D eigenvalue weighted by Crippen LogP contribution is -2.64. The van der Waals surface area contributed by atoms with Crippen molar-refractivity contribution in [3.05, 3.63) is 11.1 Å². The molecule has 2 fully saturated rings. The van der Waals surface area contributed by atoms with Gasteiger partial charge >= 0.3 is 6.03 Å². The van der Waals surface area contributed by atoms with Gasteiger partial charge in [-0.15, -0.1) is 0 Å². The van der Waals surface area contributed by atoms with E-state index in [1.165, 1.54) is 11.3 Å². The van der Waals surface area contributed by atoms with Gasteiger partial charge in [-0.25, -0.2) is 9.79 Å². The van der Waals surface area contributed by atoms with E-state index < -0.39 is 18.2 Å². The number of carbonyl (C=O) groups is 2. The summed E-state index contributed by atoms with van der Waals surface area (Å²) >= 11 is 5.99. The number of allylic oxidation sites excluding steroid dienone is 1. The summed E-state index contributed by atoms with van der Waals surface area (Å²) < 4.78 is 0. The first-order valence-corrected chi connectivity index (χ1v) is 8.75. The molecule has 0 bridgehead atoms. The van der Waals surface area contributed by atoms with Gasteiger partial charge in [-0.2, -0.15) is 0 Å². The van der Waals surface area contributed by atoms with Crippen LogP contribution < -0.4 is 5.32 Å². The molecule has 3 aliphatic rings. The van der Waals surface area contributed by atoms with Gasteiger partial charge in [0.15, 0.2) is 18.2 Å². The summed E-state index contributed by atoms with van der Waals surface area (Å²) in [7, 11) is 1.67. The van der Waals surface area contributed by atoms with Crippen LogP contribution >= 0.6 is 11.6 Å². The number of rotatable bonds is 2. The number of likely N-dealkylation sites (tertiary alicyclic amines) is 1. The lowest BCUT2D eigenvalue weighted by molar-refractivity contribution is -0.127. The van der Waals surface area contributed by atoms with Crippen molar-refractivity contribution < 1.29 is 9.59 Å². The number of urea groups is 1. The fourth-order valence-electron chi connectivity index (χ4n) is 3.57. The van der Waals surface area contributed by atoms with Crippen LogP contribution in [0.4, 0.5) is 4.79 Å². The Morgan fingerprint density at radius 3 is 2.88 bits per heavy atom. The predicted octanol–water partition coefficient (Wildman–Crippen LogP) is 1.41. The summed E-state index contributed by atoms with van der Waals surface area (Å²) in [5, 5.41) is 3.08. The zero-order valence-corrected chi connectivity index (χ0v) is 15.1. The average Bonchev–Trinajstić information content (AvgIpc) is 2.91. The Hall–Kier alpha value is -1.76. The second kappa shape index (κ2) is 6.63. The third-order valence-electron chi connectivity index (χ3n) is 4.85. The molecule has 8 heteroatoms. The number of hydrogen-bond acceptors (Lipinski definition) is 5. The fourth-order valence-corrected chi connectivity index (χ4v) is 3.63. The standard InChI is InChI=1S/C16H24ClN5O2/c1-10-5-4-7-21(9-10)15-18-13-12(22(15)8-6-11(2)17)14(23)19-16(24)20(13)3/h6,10,12-13H,4-5,7-9H2,1-3H3,(H,19,23,24)/b11-6-. The molecule has 0 radical (unpaired) electrons. The molecule has 0 aromatic rings. The van der Waals surface area contributed by atoms with Crippen molar-refractivity contribution in [1.29, 1.82) is 0 Å². The molecule has 0 aromatic carbocycles. The number of fused-ring (bicyclic) bond motifs is 1. The number of imide groups is 1. The molecule has 0 aromatic heterocycles. The molecule has 3 atom stereocenters. The van der Waals surface area contributed by atoms with Gasteiger partial charge in [-0.1, -0.05) is 24.6 Å². The summed E-state index contributed by atoms with van der Waals surface area (Å²) in [5.41, 5.74) is 0. The minimum absolute atomic E-state index is 0.299. The molecule has 1 N–H and O–H groups in total. The molecule has 3 aliphatic heterocycles. The molecule has 2 saturated heterocycles. The summed E-state index contributed by atoms with van der Waals surface area (Å²) in [5.74, 6) is 1.08. The summed E-state index contributed by atoms with van der Waals surface area (Å²) in [6.07, 6.45) is 3.70. The van der Waals surface area contributed by atoms with Crippen LogP contribution in [0.2, 0.25) is 0 Å². The molecule has 0 spiro atoms. The lowest BCUT2D eigenvalue weighted by atomic mass is 10.0. The first-order valence-electron chi connectivity index (χ1n) is 8.37. The summed E-state index contributed by atoms with van der Waals surface area (Å²) in [4.78, 5) is 34.8. The molecule has 3 amide bonds. The van der Waals surface area contributed by atoms with Gasteiger partial charge in [0, 0.05) is 31.7 Å². The van der Waals surface area contributed by atoms with E-state index in [0.29, 0.717) is 17.5 Å². The van der Waals surface area contributed by atoms with Crippen LogP contribution in [0.25, 0.3) is 0 Å². The van der Waals surface area contributed by atoms with Crippen LogP contribution in [-0.2, 0) is 4.79 Å². The van der Waals surface area contributed by atoms with Crippen molar-refractivity contribution in [3.8, 4) is 0 Å². The van der Waals surface area contributed by atoms with Crippen LogP contribution in [-0.4, -0.2) is 71.5 Å². The smallest absolute Gasteiger partial charge is 0.325 e. The molecule has 132 valence electrons. The first kappa shape index (κ1) is 17.1. The molecule has 24 heavy (non-hydrogen) atoms. The van der Waals surface area contributed by atoms with E-state index in [9.17, 15) is 9.59 Å². The molecule has 3 rings (SSSR count). The second-order valence-corrected chi connectivity index (χ2v) is 7.43. The number of guanidine groups is 1. The molecule has 7 nitrogen and oxygen atoms in total. The Kier molecular flexibility index (Phi) is 4.71. The first-order chi connectivity index (χ1) is 11.4. The summed E-state index contributed by atoms with van der Waals surface area (Å²) in [6.45, 7) is 6.37. The Balaban J connectivity index is 1.92. The van der Waals surface area contributed by atoms with Crippen molar-refractivity contribution in [1.82, 2.24) is 20.0 Å². The number of nitrogens with zero attached hydrogens (tertiary/aromatic N) is 4. The van der Waals surface area contributed by atoms with E-state index in [1.54, 1.807) is 7.05 Å². The maximum absolute atomic E-state index is 12.4. The van der Waals surface area contributed by atoms with Gasteiger partial charge in [0.1, 0.15) is 0 Å². The third-order valence-corrected chi connectivity index (χ3v) is 5.00. The largest absolute Gasteiger partial charge is 0.342 e. The molecule has 3 heterocycles. The van der Waals surface area contributed by atoms with Crippen LogP contribution in [0, 0.1) is 5.92 Å². The minimum atomic E-state index is -0.507. The van der Waals surface area contributed by atoms with Crippen LogP contribution in [0.3, 0.4) is 0 Å². The van der Waals surface area contributed by atoms with Crippen molar-refractivity contribution >= 4 is 29.5 Å². The maximum Gasteiger partial charge on any atom is 0.325 e. The molecule has 0 saturated carbocycles. The topological polar surface area (TPSA) is 68.2 Å². The molecule has 0 aliphatic carbocycles. The monoisotopic (exact) mass is 353 g/mol. The highest BCUT2D eigenvalue weighted by Crippen LogP contribution is 2.27. The number of carbonyl (C=O) groups excluding carboxylic acids is 2. The zero-order chi connectivity index (χ0) is 17.4. The number of amides is 3. The SMILES string of the molecule is C/C(Cl)=C/CN1C(N2CCCC(C)C2)=NC2C1C(=O)NC(=O)N2C. The third kappa shape index (κ3) is 3.09. The van der Waals surface area contributed by atoms with Crippen molar-refractivity contribution in [2.45, 2.75) is 38.9 Å². The second-order valence-electron chi connectivity index (χ2n) is 6.83. The molecular formula is C16H24ClN5O2. The number of piperidine rings is 1. The van der Waals surface area contributed by atoms with Crippen LogP contribution in [0.15, 0.2) is 16.1 Å². The van der Waals surface area contributed by atoms with E-state index in [1.807, 2.05) is 17.9 Å². The molecular weight excluding hydrogens is 330 g/mol. The van der Waals surface area contributed by atoms with E-state index in [0.717, 1.165) is 25.5 Å². The van der Waals surface area contributed by atoms with Gasteiger partial charge in [-0.3, -0.25) is 10.1 Å². The highest BCUT2D eigenvalue weighted by Gasteiger charge is 2.49. The number of halogens is 1. The van der Waals surface area contributed by atoms with E-state index in [2.05, 4.69) is 17.1 Å². The summed E-state index contributed by atoms with van der Waals surface area (Å²) in [6, 6.07) is -0.908. The van der Waals surface area contributed by atoms with Gasteiger partial charge in [0.25, 0.3) is 5.91 Å². The van der Waals surface area contributed by atoms with Crippen LogP contribution in [0.1, 0.15) is 26.7 Å². The van der Waals surface area contributed by atoms with Crippen molar-refractivity contribution in [3.63, 3.8) is 0 Å². The number of hydrogen-bond donors (Lipinski definition) is 1. The number of nitrogens with one attached hydrogen (secondary N) is 1. The quantitative estimate of drug-likeness (QED) is 0.815. The maximum atomic E-state index is 12.4. The van der Waals surface area contributed by atoms with Gasteiger partial charge in [0.2, 0.25) is 0 Å². The van der Waals surface area contributed by atoms with Gasteiger partial charge < -0.3 is 14.7 Å². The van der Waals surface area contributed by atoms with E-state index in [-0.39, 0.29) is 5.91 Å². The highest BCUT2D eigenvalue weighted by molar-refractivity contribution is 6.29. The highest BCUT2D eigenvalue weighted by atomic mass is 35.5. The normalized spacial score (nSPS) is 31.2. The predicted molar refractivity (Wildman–Crippen MR) is 92.6 cm³/mol. The Morgan fingerprint density at radius 1 is 1.46 bits per heavy atom. The van der Waals surface area contributed by atoms with E-state index >= 15 is 0 Å². The van der Waals surface area contributed by atoms with Gasteiger partial charge in [0.05, 0.1) is 0 Å². The van der Waals surface area contributed by atoms with Gasteiger partial charge in [-0.05, 0) is 25.7 Å². The van der Waals surface area contributed by atoms with Crippen molar-refractivity contribution in [2.24, 2.45) is 10.9 Å². The van der Waals surface area contributed by atoms with E-state index in [4.69, 9.17) is 16.6 Å². The number of likely N-dealkylation sites (N-methyl/N-ethyl adjacent to an activating group) is 1. The van der Waals surface area contributed by atoms with Crippen molar-refractivity contribution in [2.75, 3.05) is 26.7 Å². The fraction of sp³-hybridized carbons (Fsp3) is 0.688. The zero-order valence-electron chi connectivity index (χ0n) is 14.3. The van der Waals surface area contributed by atoms with Crippen LogP contribution in [0.5, 0.6) is 0 Å². The average molecular weight is 354 g/mol. The Bertz CT molecular complexity index is 601.